The summed E-state index contributed by atoms with van der Waals surface area (Å²) in [4.78, 5) is 0. The second-order valence-electron chi connectivity index (χ2n) is 9.27. The first kappa shape index (κ1) is 22.1. The van der Waals surface area contributed by atoms with Crippen LogP contribution in [0.4, 0.5) is 8.78 Å². The van der Waals surface area contributed by atoms with Crippen molar-refractivity contribution in [1.82, 2.24) is 0 Å². The molecule has 0 spiro atoms. The van der Waals surface area contributed by atoms with E-state index in [2.05, 4.69) is 31.2 Å². The number of halogens is 2. The lowest BCUT2D eigenvalue weighted by Crippen LogP contribution is -2.30. The fourth-order valence-electron chi connectivity index (χ4n) is 5.60. The van der Waals surface area contributed by atoms with Crippen LogP contribution in [0.15, 0.2) is 36.4 Å². The van der Waals surface area contributed by atoms with Crippen LogP contribution < -0.4 is 9.47 Å². The lowest BCUT2D eigenvalue weighted by atomic mass is 9.63. The van der Waals surface area contributed by atoms with Crippen LogP contribution >= 0.6 is 0 Å². The Morgan fingerprint density at radius 2 is 1.42 bits per heavy atom. The van der Waals surface area contributed by atoms with Crippen molar-refractivity contribution < 1.29 is 18.3 Å². The van der Waals surface area contributed by atoms with Crippen LogP contribution in [-0.2, 0) is 6.61 Å². The van der Waals surface area contributed by atoms with Gasteiger partial charge in [-0.15, -0.1) is 0 Å². The van der Waals surface area contributed by atoms with Gasteiger partial charge in [-0.1, -0.05) is 44.0 Å². The van der Waals surface area contributed by atoms with Gasteiger partial charge < -0.3 is 9.47 Å². The van der Waals surface area contributed by atoms with E-state index in [0.29, 0.717) is 5.92 Å². The van der Waals surface area contributed by atoms with Crippen LogP contribution in [0.2, 0.25) is 0 Å². The average Bonchev–Trinajstić information content (AvgIpc) is 2.81. The maximum absolute atomic E-state index is 14.2. The van der Waals surface area contributed by atoms with Gasteiger partial charge in [0.15, 0.2) is 11.5 Å². The summed E-state index contributed by atoms with van der Waals surface area (Å²) in [6.07, 6.45) is 9.53. The highest BCUT2D eigenvalue weighted by Gasteiger charge is 2.35. The monoisotopic (exact) mass is 428 g/mol. The molecule has 0 aliphatic heterocycles. The molecule has 2 nitrogen and oxygen atoms in total. The predicted octanol–water partition coefficient (Wildman–Crippen LogP) is 7.65. The highest BCUT2D eigenvalue weighted by atomic mass is 19.2. The summed E-state index contributed by atoms with van der Waals surface area (Å²) in [6.45, 7) is 4.56. The van der Waals surface area contributed by atoms with Crippen LogP contribution in [0.3, 0.4) is 0 Å². The van der Waals surface area contributed by atoms with Crippen molar-refractivity contribution in [3.05, 3.63) is 59.2 Å². The zero-order chi connectivity index (χ0) is 21.8. The van der Waals surface area contributed by atoms with Crippen LogP contribution in [0.25, 0.3) is 0 Å². The van der Waals surface area contributed by atoms with Gasteiger partial charge in [0.1, 0.15) is 6.61 Å². The van der Waals surface area contributed by atoms with Gasteiger partial charge in [-0.25, -0.2) is 0 Å². The van der Waals surface area contributed by atoms with Gasteiger partial charge >= 0.3 is 0 Å². The average molecular weight is 429 g/mol. The van der Waals surface area contributed by atoms with Gasteiger partial charge in [0.25, 0.3) is 0 Å². The summed E-state index contributed by atoms with van der Waals surface area (Å²) in [6, 6.07) is 11.3. The van der Waals surface area contributed by atoms with Crippen molar-refractivity contribution in [1.29, 1.82) is 0 Å². The molecule has 0 amide bonds. The molecule has 0 bridgehead atoms. The number of hydrogen-bond donors (Lipinski definition) is 0. The van der Waals surface area contributed by atoms with Crippen molar-refractivity contribution in [3.8, 4) is 11.5 Å². The molecule has 2 aromatic rings. The first-order valence-corrected chi connectivity index (χ1v) is 11.9. The maximum Gasteiger partial charge on any atom is 0.204 e. The number of benzene rings is 2. The minimum absolute atomic E-state index is 0.0883. The second-order valence-corrected chi connectivity index (χ2v) is 9.27. The third-order valence-corrected chi connectivity index (χ3v) is 7.46. The third-order valence-electron chi connectivity index (χ3n) is 7.46. The molecule has 0 N–H and O–H groups in total. The molecule has 4 rings (SSSR count). The van der Waals surface area contributed by atoms with Crippen LogP contribution in [0.5, 0.6) is 11.5 Å². The van der Waals surface area contributed by atoms with E-state index in [4.69, 9.17) is 9.47 Å². The van der Waals surface area contributed by atoms with Crippen molar-refractivity contribution in [2.75, 3.05) is 6.61 Å². The molecule has 4 heteroatoms. The van der Waals surface area contributed by atoms with E-state index in [1.54, 1.807) is 6.92 Å². The molecule has 4 atom stereocenters. The number of hydrogen-bond acceptors (Lipinski definition) is 2. The van der Waals surface area contributed by atoms with E-state index >= 15 is 0 Å². The Morgan fingerprint density at radius 3 is 2.10 bits per heavy atom. The van der Waals surface area contributed by atoms with Crippen molar-refractivity contribution in [2.24, 2.45) is 17.8 Å². The summed E-state index contributed by atoms with van der Waals surface area (Å²) in [5, 5.41) is 0. The van der Waals surface area contributed by atoms with Gasteiger partial charge in [0, 0.05) is 0 Å². The zero-order valence-corrected chi connectivity index (χ0v) is 18.7. The van der Waals surface area contributed by atoms with Crippen molar-refractivity contribution >= 4 is 0 Å². The Hall–Kier alpha value is -2.10. The minimum Gasteiger partial charge on any atom is -0.491 e. The fourth-order valence-corrected chi connectivity index (χ4v) is 5.60. The van der Waals surface area contributed by atoms with E-state index in [-0.39, 0.29) is 24.7 Å². The molecule has 2 aliphatic rings. The lowest BCUT2D eigenvalue weighted by molar-refractivity contribution is 0.116. The Kier molecular flexibility index (Phi) is 7.14. The smallest absolute Gasteiger partial charge is 0.204 e. The van der Waals surface area contributed by atoms with E-state index in [0.717, 1.165) is 23.3 Å². The Balaban J connectivity index is 1.34. The van der Waals surface area contributed by atoms with Gasteiger partial charge in [0.05, 0.1) is 6.61 Å². The topological polar surface area (TPSA) is 18.5 Å². The summed E-state index contributed by atoms with van der Waals surface area (Å²) in [5.74, 6) is 1.24. The molecule has 2 saturated carbocycles. The molecule has 0 saturated heterocycles. The maximum atomic E-state index is 14.2. The van der Waals surface area contributed by atoms with Crippen LogP contribution in [0, 0.1) is 29.4 Å². The normalized spacial score (nSPS) is 25.7. The minimum atomic E-state index is -1.00. The second kappa shape index (κ2) is 10.0. The van der Waals surface area contributed by atoms with Gasteiger partial charge in [-0.3, -0.25) is 0 Å². The first-order valence-electron chi connectivity index (χ1n) is 11.9. The lowest BCUT2D eigenvalue weighted by Gasteiger charge is -2.42. The number of fused-ring (bicyclic) bond motifs is 1. The molecule has 0 aromatic heterocycles. The van der Waals surface area contributed by atoms with Crippen molar-refractivity contribution in [2.45, 2.75) is 71.3 Å². The third kappa shape index (κ3) is 5.05. The SMILES string of the molecule is CCOc1ccc(OCc2ccc(C3CCC4CC(CC)CCC4C3)cc2)c(F)c1F. The molecule has 0 heterocycles. The summed E-state index contributed by atoms with van der Waals surface area (Å²) in [5.41, 5.74) is 2.35. The largest absolute Gasteiger partial charge is 0.491 e. The molecular formula is C27H34F2O2. The van der Waals surface area contributed by atoms with Gasteiger partial charge in [0.2, 0.25) is 11.6 Å². The molecule has 2 fully saturated rings. The molecule has 4 unspecified atom stereocenters. The predicted molar refractivity (Wildman–Crippen MR) is 120 cm³/mol. The summed E-state index contributed by atoms with van der Waals surface area (Å²) < 4.78 is 38.8. The van der Waals surface area contributed by atoms with Crippen molar-refractivity contribution in [3.63, 3.8) is 0 Å². The highest BCUT2D eigenvalue weighted by molar-refractivity contribution is 5.35. The zero-order valence-electron chi connectivity index (χ0n) is 18.7. The standard InChI is InChI=1S/C27H34F2O2/c1-3-18-5-10-23-16-22(12-11-21(23)15-18)20-8-6-19(7-9-20)17-31-25-14-13-24(30-4-2)26(28)27(25)29/h6-9,13-14,18,21-23H,3-5,10-12,15-17H2,1-2H3. The summed E-state index contributed by atoms with van der Waals surface area (Å²) >= 11 is 0. The Morgan fingerprint density at radius 1 is 0.774 bits per heavy atom. The molecule has 2 aliphatic carbocycles. The van der Waals surface area contributed by atoms with E-state index in [1.807, 2.05) is 0 Å². The fraction of sp³-hybridized carbons (Fsp3) is 0.556. The van der Waals surface area contributed by atoms with Crippen LogP contribution in [0.1, 0.15) is 75.8 Å². The van der Waals surface area contributed by atoms with Gasteiger partial charge in [-0.05, 0) is 86.0 Å². The van der Waals surface area contributed by atoms with E-state index < -0.39 is 11.6 Å². The molecule has 168 valence electrons. The quantitative estimate of drug-likeness (QED) is 0.451. The number of ether oxygens (including phenoxy) is 2. The summed E-state index contributed by atoms with van der Waals surface area (Å²) in [7, 11) is 0. The molecule has 2 aromatic carbocycles. The first-order chi connectivity index (χ1) is 15.1. The molecular weight excluding hydrogens is 394 g/mol. The molecule has 31 heavy (non-hydrogen) atoms. The van der Waals surface area contributed by atoms with Crippen LogP contribution in [-0.4, -0.2) is 6.61 Å². The number of rotatable bonds is 7. The molecule has 0 radical (unpaired) electrons. The van der Waals surface area contributed by atoms with E-state index in [1.165, 1.54) is 62.6 Å². The Bertz CT molecular complexity index is 864. The highest BCUT2D eigenvalue weighted by Crippen LogP contribution is 2.48. The van der Waals surface area contributed by atoms with E-state index in [9.17, 15) is 8.78 Å². The van der Waals surface area contributed by atoms with Gasteiger partial charge in [-0.2, -0.15) is 8.78 Å². The Labute approximate surface area is 185 Å².